The Hall–Kier alpha value is -1.08. The first-order valence-electron chi connectivity index (χ1n) is 20.0. The number of ether oxygens (including phenoxy) is 5. The van der Waals surface area contributed by atoms with E-state index in [0.29, 0.717) is 32.1 Å². The normalized spacial score (nSPS) is 50.7. The van der Waals surface area contributed by atoms with Crippen molar-refractivity contribution in [2.45, 2.75) is 152 Å². The first-order chi connectivity index (χ1) is 25.4. The van der Waals surface area contributed by atoms with Gasteiger partial charge >= 0.3 is 0 Å². The molecule has 20 atom stereocenters. The second kappa shape index (κ2) is 16.3. The summed E-state index contributed by atoms with van der Waals surface area (Å²) >= 11 is 0. The predicted molar refractivity (Wildman–Crippen MR) is 193 cm³/mol. The summed E-state index contributed by atoms with van der Waals surface area (Å²) < 4.78 is 28.4. The molecule has 9 N–H and O–H groups in total. The van der Waals surface area contributed by atoms with Crippen molar-refractivity contribution in [3.63, 3.8) is 0 Å². The number of rotatable bonds is 11. The zero-order valence-corrected chi connectivity index (χ0v) is 32.6. The Bertz CT molecular complexity index is 1350. The average molecular weight is 771 g/mol. The highest BCUT2D eigenvalue weighted by Crippen LogP contribution is 2.69. The van der Waals surface area contributed by atoms with Crippen LogP contribution in [-0.4, -0.2) is 152 Å². The molecule has 0 amide bonds. The maximum atomic E-state index is 12.8. The van der Waals surface area contributed by atoms with E-state index in [4.69, 9.17) is 23.7 Å². The van der Waals surface area contributed by atoms with Crippen molar-refractivity contribution in [3.8, 4) is 0 Å². The lowest BCUT2D eigenvalue weighted by molar-refractivity contribution is -0.285. The second-order valence-corrected chi connectivity index (χ2v) is 18.1. The van der Waals surface area contributed by atoms with E-state index in [0.717, 1.165) is 5.57 Å². The van der Waals surface area contributed by atoms with Gasteiger partial charge in [-0.2, -0.15) is 0 Å². The molecule has 6 aliphatic rings. The van der Waals surface area contributed by atoms with Gasteiger partial charge in [-0.25, -0.2) is 0 Å². The summed E-state index contributed by atoms with van der Waals surface area (Å²) in [4.78, 5) is 0. The fraction of sp³-hybridized carbons (Fsp3) is 0.900. The highest BCUT2D eigenvalue weighted by Gasteiger charge is 2.72. The van der Waals surface area contributed by atoms with Crippen LogP contribution in [0, 0.1) is 46.3 Å². The Morgan fingerprint density at radius 2 is 1.50 bits per heavy atom. The van der Waals surface area contributed by atoms with Gasteiger partial charge in [0.05, 0.1) is 49.8 Å². The van der Waals surface area contributed by atoms with Crippen molar-refractivity contribution >= 4 is 0 Å². The molecule has 54 heavy (non-hydrogen) atoms. The lowest BCUT2D eigenvalue weighted by Crippen LogP contribution is -2.66. The molecule has 5 fully saturated rings. The molecule has 0 aromatic heterocycles. The number of fused-ring (bicyclic) bond motifs is 5. The number of hydrogen-bond acceptors (Lipinski definition) is 14. The van der Waals surface area contributed by atoms with Gasteiger partial charge in [0.25, 0.3) is 0 Å². The van der Waals surface area contributed by atoms with Gasteiger partial charge in [-0.1, -0.05) is 52.8 Å². The second-order valence-electron chi connectivity index (χ2n) is 18.1. The van der Waals surface area contributed by atoms with Crippen molar-refractivity contribution in [3.05, 3.63) is 23.8 Å². The molecular weight excluding hydrogens is 704 g/mol. The molecule has 2 saturated heterocycles. The van der Waals surface area contributed by atoms with E-state index in [2.05, 4.69) is 39.8 Å². The molecule has 6 rings (SSSR count). The standard InChI is InChI=1S/C40H66O14/c1-19(2)21(11-14-51-36-33(48)29(44)25(42)17-52-36)8-7-20(3)28-31(46)32(47)35-39(28,5)13-10-27-38(4)12-9-22(15-23(38)24(41)16-40(27,35)49)54-37-34(50-6)30(45)26(43)18-53-37/h7-8,15,19-22,24-37,41-49H,9-14,16-18H2,1-6H3/b8-7+/t20-,21+,22-,24+,25+,26+,27+,28-,29-,30-,31+,32-,33+,34+,35+,36+,37-,38-,39+,40-/m0/s1. The highest BCUT2D eigenvalue weighted by atomic mass is 16.7. The maximum Gasteiger partial charge on any atom is 0.187 e. The molecule has 14 nitrogen and oxygen atoms in total. The van der Waals surface area contributed by atoms with Crippen molar-refractivity contribution in [1.82, 2.24) is 0 Å². The van der Waals surface area contributed by atoms with Gasteiger partial charge in [0, 0.05) is 19.4 Å². The van der Waals surface area contributed by atoms with Gasteiger partial charge in [-0.3, -0.25) is 0 Å². The third-order valence-electron chi connectivity index (χ3n) is 14.6. The number of aliphatic hydroxyl groups is 9. The van der Waals surface area contributed by atoms with E-state index >= 15 is 0 Å². The number of methoxy groups -OCH3 is 1. The molecule has 0 aromatic rings. The quantitative estimate of drug-likeness (QED) is 0.130. The van der Waals surface area contributed by atoms with E-state index in [1.165, 1.54) is 7.11 Å². The molecular formula is C40H66O14. The molecule has 0 unspecified atom stereocenters. The summed E-state index contributed by atoms with van der Waals surface area (Å²) in [5.74, 6) is -1.14. The van der Waals surface area contributed by atoms with Crippen LogP contribution in [0.25, 0.3) is 0 Å². The fourth-order valence-corrected chi connectivity index (χ4v) is 11.7. The maximum absolute atomic E-state index is 12.8. The Labute approximate surface area is 318 Å². The van der Waals surface area contributed by atoms with Crippen LogP contribution in [0.5, 0.6) is 0 Å². The Balaban J connectivity index is 1.15. The van der Waals surface area contributed by atoms with Crippen LogP contribution in [-0.2, 0) is 23.7 Å². The van der Waals surface area contributed by atoms with Gasteiger partial charge in [0.15, 0.2) is 12.6 Å². The lowest BCUT2D eigenvalue weighted by atomic mass is 9.43. The molecule has 14 heteroatoms. The highest BCUT2D eigenvalue weighted by molar-refractivity contribution is 5.33. The summed E-state index contributed by atoms with van der Waals surface area (Å²) in [6, 6.07) is 0. The predicted octanol–water partition coefficient (Wildman–Crippen LogP) is 0.381. The van der Waals surface area contributed by atoms with Gasteiger partial charge in [0.1, 0.15) is 36.6 Å². The van der Waals surface area contributed by atoms with Crippen LogP contribution in [0.15, 0.2) is 23.8 Å². The third kappa shape index (κ3) is 7.40. The van der Waals surface area contributed by atoms with Gasteiger partial charge in [-0.15, -0.1) is 0 Å². The minimum atomic E-state index is -1.44. The minimum Gasteiger partial charge on any atom is -0.390 e. The molecule has 310 valence electrons. The average Bonchev–Trinajstić information content (AvgIpc) is 3.32. The molecule has 2 heterocycles. The zero-order chi connectivity index (χ0) is 39.5. The topological polar surface area (TPSA) is 228 Å². The summed E-state index contributed by atoms with van der Waals surface area (Å²) in [6.45, 7) is 10.4. The van der Waals surface area contributed by atoms with E-state index in [-0.39, 0.29) is 55.8 Å². The smallest absolute Gasteiger partial charge is 0.187 e. The fourth-order valence-electron chi connectivity index (χ4n) is 11.7. The van der Waals surface area contributed by atoms with Crippen LogP contribution in [0.2, 0.25) is 0 Å². The van der Waals surface area contributed by atoms with Gasteiger partial charge in [-0.05, 0) is 78.1 Å². The number of aliphatic hydroxyl groups excluding tert-OH is 8. The van der Waals surface area contributed by atoms with Crippen molar-refractivity contribution < 1.29 is 69.6 Å². The first kappa shape index (κ1) is 42.5. The third-order valence-corrected chi connectivity index (χ3v) is 14.6. The van der Waals surface area contributed by atoms with Crippen LogP contribution in [0.1, 0.15) is 73.1 Å². The van der Waals surface area contributed by atoms with Crippen LogP contribution in [0.3, 0.4) is 0 Å². The Morgan fingerprint density at radius 3 is 2.17 bits per heavy atom. The van der Waals surface area contributed by atoms with Crippen LogP contribution < -0.4 is 0 Å². The molecule has 0 bridgehead atoms. The zero-order valence-electron chi connectivity index (χ0n) is 32.6. The Morgan fingerprint density at radius 1 is 0.833 bits per heavy atom. The summed E-state index contributed by atoms with van der Waals surface area (Å²) in [7, 11) is 1.42. The molecule has 0 spiro atoms. The molecule has 0 aromatic carbocycles. The van der Waals surface area contributed by atoms with Gasteiger partial charge < -0.3 is 69.6 Å². The first-order valence-corrected chi connectivity index (χ1v) is 20.0. The van der Waals surface area contributed by atoms with Crippen molar-refractivity contribution in [2.24, 2.45) is 46.3 Å². The van der Waals surface area contributed by atoms with Crippen LogP contribution >= 0.6 is 0 Å². The molecule has 4 aliphatic carbocycles. The largest absolute Gasteiger partial charge is 0.390 e. The van der Waals surface area contributed by atoms with E-state index in [1.807, 2.05) is 13.0 Å². The van der Waals surface area contributed by atoms with Crippen LogP contribution in [0.4, 0.5) is 0 Å². The molecule has 2 aliphatic heterocycles. The van der Waals surface area contributed by atoms with E-state index < -0.39 is 96.0 Å². The number of hydrogen-bond donors (Lipinski definition) is 9. The molecule has 3 saturated carbocycles. The van der Waals surface area contributed by atoms with Gasteiger partial charge in [0.2, 0.25) is 0 Å². The van der Waals surface area contributed by atoms with E-state index in [9.17, 15) is 46.0 Å². The Kier molecular flexibility index (Phi) is 12.8. The number of allylic oxidation sites excluding steroid dienone is 2. The summed E-state index contributed by atoms with van der Waals surface area (Å²) in [5.41, 5.74) is -1.87. The SMILES string of the molecule is CO[C@H]1[C@H](O[C@@H]2C=C3[C@H](O)C[C@@]4(O)[C@@H]5[C@@H](O)[C@H](O)[C@H]([C@@H](C)/C=C/[C@H](CCO[C@@H]6OC[C@@H](O)[C@H](O)[C@H]6O)C(C)C)[C@@]5(C)CC[C@@H]4[C@@]3(C)CC2)OC[C@@H](O)[C@@H]1O. The monoisotopic (exact) mass is 770 g/mol. The van der Waals surface area contributed by atoms with Crippen molar-refractivity contribution in [1.29, 1.82) is 0 Å². The lowest BCUT2D eigenvalue weighted by Gasteiger charge is -2.63. The summed E-state index contributed by atoms with van der Waals surface area (Å²) in [6.07, 6.45) is -3.44. The molecule has 0 radical (unpaired) electrons. The van der Waals surface area contributed by atoms with E-state index in [1.54, 1.807) is 0 Å². The summed E-state index contributed by atoms with van der Waals surface area (Å²) in [5, 5.41) is 98.6. The minimum absolute atomic E-state index is 0.0170. The van der Waals surface area contributed by atoms with Crippen molar-refractivity contribution in [2.75, 3.05) is 26.9 Å².